The fourth-order valence-electron chi connectivity index (χ4n) is 2.72. The van der Waals surface area contributed by atoms with Crippen LogP contribution in [0, 0.1) is 5.92 Å². The molecule has 1 unspecified atom stereocenters. The van der Waals surface area contributed by atoms with Gasteiger partial charge in [-0.3, -0.25) is 4.79 Å². The lowest BCUT2D eigenvalue weighted by Crippen LogP contribution is -2.44. The molecular formula is C13H25N3O. The monoisotopic (exact) mass is 239 g/mol. The molecule has 4 nitrogen and oxygen atoms in total. The number of likely N-dealkylation sites (N-methyl/N-ethyl adjacent to an activating group) is 1. The number of nitrogens with two attached hydrogens (primary N) is 1. The molecule has 2 N–H and O–H groups in total. The van der Waals surface area contributed by atoms with Crippen LogP contribution in [0.5, 0.6) is 0 Å². The van der Waals surface area contributed by atoms with E-state index < -0.39 is 5.54 Å². The third kappa shape index (κ3) is 3.19. The lowest BCUT2D eigenvalue weighted by Gasteiger charge is -2.31. The van der Waals surface area contributed by atoms with Crippen LogP contribution in [0.15, 0.2) is 0 Å². The highest BCUT2D eigenvalue weighted by molar-refractivity contribution is 5.88. The Bertz CT molecular complexity index is 288. The van der Waals surface area contributed by atoms with E-state index in [9.17, 15) is 4.79 Å². The number of nitrogens with zero attached hydrogens (tertiary/aromatic N) is 2. The molecule has 2 aliphatic rings. The molecule has 0 aromatic heterocycles. The van der Waals surface area contributed by atoms with Gasteiger partial charge in [0.2, 0.25) is 5.91 Å². The molecule has 0 spiro atoms. The first kappa shape index (κ1) is 12.8. The van der Waals surface area contributed by atoms with Crippen molar-refractivity contribution in [1.82, 2.24) is 9.80 Å². The van der Waals surface area contributed by atoms with Crippen LogP contribution in [0.4, 0.5) is 0 Å². The van der Waals surface area contributed by atoms with Crippen molar-refractivity contribution >= 4 is 5.91 Å². The SMILES string of the molecule is CN1CCCC(CCN(C)C(=O)C2(N)CC2)C1. The molecule has 0 aromatic rings. The summed E-state index contributed by atoms with van der Waals surface area (Å²) in [4.78, 5) is 16.2. The summed E-state index contributed by atoms with van der Waals surface area (Å²) < 4.78 is 0. The van der Waals surface area contributed by atoms with E-state index >= 15 is 0 Å². The molecule has 1 atom stereocenters. The maximum Gasteiger partial charge on any atom is 0.242 e. The molecular weight excluding hydrogens is 214 g/mol. The normalized spacial score (nSPS) is 27.8. The van der Waals surface area contributed by atoms with Gasteiger partial charge >= 0.3 is 0 Å². The zero-order valence-corrected chi connectivity index (χ0v) is 11.1. The molecule has 1 heterocycles. The molecule has 1 saturated carbocycles. The third-order valence-corrected chi connectivity index (χ3v) is 4.16. The van der Waals surface area contributed by atoms with Crippen LogP contribution in [-0.2, 0) is 4.79 Å². The summed E-state index contributed by atoms with van der Waals surface area (Å²) in [5.74, 6) is 0.888. The van der Waals surface area contributed by atoms with E-state index in [4.69, 9.17) is 5.73 Å². The standard InChI is InChI=1S/C13H25N3O/c1-15-8-3-4-11(10-15)5-9-16(2)12(17)13(14)6-7-13/h11H,3-10,14H2,1-2H3. The van der Waals surface area contributed by atoms with Gasteiger partial charge in [0.05, 0.1) is 5.54 Å². The van der Waals surface area contributed by atoms with Gasteiger partial charge in [-0.2, -0.15) is 0 Å². The minimum atomic E-state index is -0.502. The Labute approximate surface area is 104 Å². The Morgan fingerprint density at radius 1 is 1.53 bits per heavy atom. The summed E-state index contributed by atoms with van der Waals surface area (Å²) in [6.07, 6.45) is 5.44. The number of amides is 1. The van der Waals surface area contributed by atoms with Gasteiger partial charge in [-0.05, 0) is 51.6 Å². The van der Waals surface area contributed by atoms with E-state index in [-0.39, 0.29) is 5.91 Å². The van der Waals surface area contributed by atoms with Crippen LogP contribution < -0.4 is 5.73 Å². The second kappa shape index (κ2) is 4.94. The van der Waals surface area contributed by atoms with Crippen LogP contribution in [0.25, 0.3) is 0 Å². The maximum absolute atomic E-state index is 12.0. The predicted molar refractivity (Wildman–Crippen MR) is 68.6 cm³/mol. The van der Waals surface area contributed by atoms with E-state index in [0.29, 0.717) is 0 Å². The highest BCUT2D eigenvalue weighted by Gasteiger charge is 2.47. The number of carbonyl (C=O) groups excluding carboxylic acids is 1. The van der Waals surface area contributed by atoms with Gasteiger partial charge in [-0.25, -0.2) is 0 Å². The molecule has 2 rings (SSSR count). The Balaban J connectivity index is 1.72. The van der Waals surface area contributed by atoms with E-state index in [1.165, 1.54) is 25.9 Å². The molecule has 1 aliphatic carbocycles. The van der Waals surface area contributed by atoms with Crippen LogP contribution in [0.1, 0.15) is 32.1 Å². The zero-order chi connectivity index (χ0) is 12.5. The van der Waals surface area contributed by atoms with Gasteiger partial charge in [-0.1, -0.05) is 0 Å². The fraction of sp³-hybridized carbons (Fsp3) is 0.923. The van der Waals surface area contributed by atoms with Gasteiger partial charge < -0.3 is 15.5 Å². The highest BCUT2D eigenvalue weighted by atomic mass is 16.2. The Kier molecular flexibility index (Phi) is 3.73. The Hall–Kier alpha value is -0.610. The van der Waals surface area contributed by atoms with Gasteiger partial charge in [-0.15, -0.1) is 0 Å². The number of hydrogen-bond donors (Lipinski definition) is 1. The minimum Gasteiger partial charge on any atom is -0.344 e. The number of piperidine rings is 1. The van der Waals surface area contributed by atoms with Crippen molar-refractivity contribution in [3.8, 4) is 0 Å². The molecule has 17 heavy (non-hydrogen) atoms. The van der Waals surface area contributed by atoms with E-state index in [1.54, 1.807) is 0 Å². The first-order valence-electron chi connectivity index (χ1n) is 6.74. The topological polar surface area (TPSA) is 49.6 Å². The summed E-state index contributed by atoms with van der Waals surface area (Å²) >= 11 is 0. The third-order valence-electron chi connectivity index (χ3n) is 4.16. The summed E-state index contributed by atoms with van der Waals surface area (Å²) in [5.41, 5.74) is 5.42. The molecule has 0 aromatic carbocycles. The quantitative estimate of drug-likeness (QED) is 0.784. The first-order chi connectivity index (χ1) is 8.01. The predicted octanol–water partition coefficient (Wildman–Crippen LogP) is 0.668. The Morgan fingerprint density at radius 3 is 2.82 bits per heavy atom. The van der Waals surface area contributed by atoms with Crippen molar-refractivity contribution in [3.63, 3.8) is 0 Å². The summed E-state index contributed by atoms with van der Waals surface area (Å²) in [7, 11) is 4.07. The average molecular weight is 239 g/mol. The van der Waals surface area contributed by atoms with Crippen LogP contribution >= 0.6 is 0 Å². The van der Waals surface area contributed by atoms with Crippen molar-refractivity contribution < 1.29 is 4.79 Å². The summed E-state index contributed by atoms with van der Waals surface area (Å²) in [6.45, 7) is 3.25. The Morgan fingerprint density at radius 2 is 2.24 bits per heavy atom. The van der Waals surface area contributed by atoms with Gasteiger partial charge in [0.25, 0.3) is 0 Å². The van der Waals surface area contributed by atoms with E-state index in [2.05, 4.69) is 11.9 Å². The number of carbonyl (C=O) groups is 1. The fourth-order valence-corrected chi connectivity index (χ4v) is 2.72. The van der Waals surface area contributed by atoms with E-state index in [0.717, 1.165) is 31.7 Å². The van der Waals surface area contributed by atoms with Crippen LogP contribution in [-0.4, -0.2) is 55.0 Å². The van der Waals surface area contributed by atoms with Crippen molar-refractivity contribution in [2.45, 2.75) is 37.6 Å². The second-order valence-corrected chi connectivity index (χ2v) is 5.94. The number of hydrogen-bond acceptors (Lipinski definition) is 3. The zero-order valence-electron chi connectivity index (χ0n) is 11.1. The first-order valence-corrected chi connectivity index (χ1v) is 6.74. The van der Waals surface area contributed by atoms with Crippen molar-refractivity contribution in [2.75, 3.05) is 33.7 Å². The molecule has 2 fully saturated rings. The smallest absolute Gasteiger partial charge is 0.242 e. The molecule has 0 bridgehead atoms. The molecule has 1 saturated heterocycles. The van der Waals surface area contributed by atoms with Crippen molar-refractivity contribution in [3.05, 3.63) is 0 Å². The minimum absolute atomic E-state index is 0.140. The number of rotatable bonds is 4. The molecule has 1 amide bonds. The van der Waals surface area contributed by atoms with Crippen LogP contribution in [0.3, 0.4) is 0 Å². The lowest BCUT2D eigenvalue weighted by molar-refractivity contribution is -0.132. The van der Waals surface area contributed by atoms with Gasteiger partial charge in [0, 0.05) is 20.1 Å². The van der Waals surface area contributed by atoms with Gasteiger partial charge in [0.1, 0.15) is 0 Å². The molecule has 4 heteroatoms. The van der Waals surface area contributed by atoms with Crippen molar-refractivity contribution in [2.24, 2.45) is 11.7 Å². The largest absolute Gasteiger partial charge is 0.344 e. The maximum atomic E-state index is 12.0. The molecule has 1 aliphatic heterocycles. The summed E-state index contributed by atoms with van der Waals surface area (Å²) in [5, 5.41) is 0. The number of likely N-dealkylation sites (tertiary alicyclic amines) is 1. The second-order valence-electron chi connectivity index (χ2n) is 5.94. The summed E-state index contributed by atoms with van der Waals surface area (Å²) in [6, 6.07) is 0. The van der Waals surface area contributed by atoms with E-state index in [1.807, 2.05) is 11.9 Å². The van der Waals surface area contributed by atoms with Gasteiger partial charge in [0.15, 0.2) is 0 Å². The lowest BCUT2D eigenvalue weighted by atomic mass is 9.95. The van der Waals surface area contributed by atoms with Crippen LogP contribution in [0.2, 0.25) is 0 Å². The van der Waals surface area contributed by atoms with Crippen molar-refractivity contribution in [1.29, 1.82) is 0 Å². The average Bonchev–Trinajstić information content (AvgIpc) is 3.05. The molecule has 98 valence electrons. The molecule has 0 radical (unpaired) electrons. The highest BCUT2D eigenvalue weighted by Crippen LogP contribution is 2.34.